The second kappa shape index (κ2) is 2.61. The van der Waals surface area contributed by atoms with Gasteiger partial charge in [0.1, 0.15) is 0 Å². The third kappa shape index (κ3) is 1.38. The zero-order chi connectivity index (χ0) is 8.60. The van der Waals surface area contributed by atoms with Gasteiger partial charge in [0, 0.05) is 6.20 Å². The van der Waals surface area contributed by atoms with E-state index in [1.807, 2.05) is 12.4 Å². The monoisotopic (exact) mass is 164 g/mol. The minimum atomic E-state index is 0.544. The summed E-state index contributed by atoms with van der Waals surface area (Å²) in [7, 11) is 0. The largest absolute Gasteiger partial charge is 0.285 e. The predicted octanol–water partition coefficient (Wildman–Crippen LogP) is 2.70. The molecule has 1 aliphatic rings. The third-order valence-electron chi connectivity index (χ3n) is 2.96. The lowest BCUT2D eigenvalue weighted by Gasteiger charge is -2.16. The van der Waals surface area contributed by atoms with Crippen LogP contribution in [0.3, 0.4) is 0 Å². The zero-order valence-electron chi connectivity index (χ0n) is 7.80. The molecule has 1 heterocycles. The van der Waals surface area contributed by atoms with Gasteiger partial charge in [0.25, 0.3) is 0 Å². The van der Waals surface area contributed by atoms with Crippen LogP contribution in [0.25, 0.3) is 0 Å². The molecule has 0 amide bonds. The molecule has 2 heteroatoms. The first-order chi connectivity index (χ1) is 5.67. The highest BCUT2D eigenvalue weighted by molar-refractivity contribution is 5.13. The number of hydrogen-bond acceptors (Lipinski definition) is 1. The smallest absolute Gasteiger partial charge is 0.0522 e. The van der Waals surface area contributed by atoms with Crippen LogP contribution in [0.5, 0.6) is 0 Å². The van der Waals surface area contributed by atoms with Gasteiger partial charge in [0.05, 0.1) is 6.20 Å². The summed E-state index contributed by atoms with van der Waals surface area (Å²) < 4.78 is 0. The molecule has 2 rings (SSSR count). The zero-order valence-corrected chi connectivity index (χ0v) is 7.80. The highest BCUT2D eigenvalue weighted by Crippen LogP contribution is 2.45. The van der Waals surface area contributed by atoms with Crippen molar-refractivity contribution in [1.82, 2.24) is 10.2 Å². The molecule has 0 radical (unpaired) electrons. The fourth-order valence-electron chi connectivity index (χ4n) is 2.20. The summed E-state index contributed by atoms with van der Waals surface area (Å²) in [6, 6.07) is 0. The summed E-state index contributed by atoms with van der Waals surface area (Å²) in [6.45, 7) is 4.71. The van der Waals surface area contributed by atoms with Crippen LogP contribution < -0.4 is 0 Å². The van der Waals surface area contributed by atoms with E-state index in [-0.39, 0.29) is 0 Å². The highest BCUT2D eigenvalue weighted by Gasteiger charge is 2.31. The van der Waals surface area contributed by atoms with Gasteiger partial charge < -0.3 is 0 Å². The number of nitrogens with one attached hydrogen (secondary N) is 1. The van der Waals surface area contributed by atoms with E-state index in [0.717, 1.165) is 5.92 Å². The van der Waals surface area contributed by atoms with Gasteiger partial charge in [-0.15, -0.1) is 0 Å². The number of aromatic nitrogens is 2. The molecule has 0 bridgehead atoms. The molecule has 12 heavy (non-hydrogen) atoms. The number of hydrogen-bond donors (Lipinski definition) is 1. The molecular formula is C10H16N2. The standard InChI is InChI=1S/C10H16N2/c1-10(2)4-3-8(5-10)9-6-11-12-7-9/h6-8H,3-5H2,1-2H3,(H,11,12). The Bertz CT molecular complexity index is 249. The summed E-state index contributed by atoms with van der Waals surface area (Å²) in [5.41, 5.74) is 1.93. The number of H-pyrrole nitrogens is 1. The van der Waals surface area contributed by atoms with E-state index in [1.165, 1.54) is 24.8 Å². The molecule has 0 aromatic carbocycles. The second-order valence-electron chi connectivity index (χ2n) is 4.64. The first kappa shape index (κ1) is 7.84. The first-order valence-electron chi connectivity index (χ1n) is 4.66. The van der Waals surface area contributed by atoms with Crippen molar-refractivity contribution in [1.29, 1.82) is 0 Å². The lowest BCUT2D eigenvalue weighted by Crippen LogP contribution is -2.04. The number of nitrogens with zero attached hydrogens (tertiary/aromatic N) is 1. The van der Waals surface area contributed by atoms with E-state index < -0.39 is 0 Å². The fourth-order valence-corrected chi connectivity index (χ4v) is 2.20. The van der Waals surface area contributed by atoms with Crippen LogP contribution in [0.1, 0.15) is 44.6 Å². The van der Waals surface area contributed by atoms with Crippen LogP contribution >= 0.6 is 0 Å². The van der Waals surface area contributed by atoms with Gasteiger partial charge in [-0.05, 0) is 36.2 Å². The van der Waals surface area contributed by atoms with Gasteiger partial charge in [-0.2, -0.15) is 5.10 Å². The molecule has 0 saturated heterocycles. The third-order valence-corrected chi connectivity index (χ3v) is 2.96. The van der Waals surface area contributed by atoms with Crippen molar-refractivity contribution in [2.24, 2.45) is 5.41 Å². The highest BCUT2D eigenvalue weighted by atomic mass is 15.1. The van der Waals surface area contributed by atoms with Gasteiger partial charge in [-0.25, -0.2) is 0 Å². The van der Waals surface area contributed by atoms with E-state index in [9.17, 15) is 0 Å². The Morgan fingerprint density at radius 2 is 2.42 bits per heavy atom. The summed E-state index contributed by atoms with van der Waals surface area (Å²) in [4.78, 5) is 0. The Kier molecular flexibility index (Phi) is 1.71. The second-order valence-corrected chi connectivity index (χ2v) is 4.64. The van der Waals surface area contributed by atoms with Crippen molar-refractivity contribution in [2.45, 2.75) is 39.0 Å². The molecule has 1 aromatic rings. The summed E-state index contributed by atoms with van der Waals surface area (Å²) >= 11 is 0. The lowest BCUT2D eigenvalue weighted by molar-refractivity contribution is 0.376. The van der Waals surface area contributed by atoms with Crippen LogP contribution in [-0.2, 0) is 0 Å². The molecule has 0 spiro atoms. The van der Waals surface area contributed by atoms with E-state index in [2.05, 4.69) is 24.0 Å². The average molecular weight is 164 g/mol. The van der Waals surface area contributed by atoms with Gasteiger partial charge in [-0.1, -0.05) is 13.8 Å². The van der Waals surface area contributed by atoms with Gasteiger partial charge in [-0.3, -0.25) is 5.10 Å². The van der Waals surface area contributed by atoms with Gasteiger partial charge in [0.15, 0.2) is 0 Å². The van der Waals surface area contributed by atoms with Crippen LogP contribution in [0, 0.1) is 5.41 Å². The van der Waals surface area contributed by atoms with Gasteiger partial charge >= 0.3 is 0 Å². The van der Waals surface area contributed by atoms with Crippen molar-refractivity contribution < 1.29 is 0 Å². The minimum absolute atomic E-state index is 0.544. The average Bonchev–Trinajstić information content (AvgIpc) is 2.55. The van der Waals surface area contributed by atoms with E-state index in [0.29, 0.717) is 5.41 Å². The predicted molar refractivity (Wildman–Crippen MR) is 49.0 cm³/mol. The maximum atomic E-state index is 3.99. The summed E-state index contributed by atoms with van der Waals surface area (Å²) in [5, 5.41) is 6.87. The van der Waals surface area contributed by atoms with Crippen molar-refractivity contribution in [3.63, 3.8) is 0 Å². The molecule has 1 N–H and O–H groups in total. The van der Waals surface area contributed by atoms with Crippen LogP contribution in [0.2, 0.25) is 0 Å². The van der Waals surface area contributed by atoms with Gasteiger partial charge in [0.2, 0.25) is 0 Å². The number of rotatable bonds is 1. The molecule has 1 unspecified atom stereocenters. The van der Waals surface area contributed by atoms with Crippen molar-refractivity contribution in [3.05, 3.63) is 18.0 Å². The Balaban J connectivity index is 2.10. The first-order valence-corrected chi connectivity index (χ1v) is 4.66. The molecule has 2 nitrogen and oxygen atoms in total. The summed E-state index contributed by atoms with van der Waals surface area (Å²) in [5.74, 6) is 0.749. The van der Waals surface area contributed by atoms with Crippen LogP contribution in [0.15, 0.2) is 12.4 Å². The molecule has 1 saturated carbocycles. The quantitative estimate of drug-likeness (QED) is 0.679. The van der Waals surface area contributed by atoms with Crippen LogP contribution in [-0.4, -0.2) is 10.2 Å². The minimum Gasteiger partial charge on any atom is -0.285 e. The Hall–Kier alpha value is -0.790. The Labute approximate surface area is 73.4 Å². The molecular weight excluding hydrogens is 148 g/mol. The maximum absolute atomic E-state index is 3.99. The maximum Gasteiger partial charge on any atom is 0.0522 e. The normalized spacial score (nSPS) is 27.7. The topological polar surface area (TPSA) is 28.7 Å². The van der Waals surface area contributed by atoms with Crippen molar-refractivity contribution in [3.8, 4) is 0 Å². The Morgan fingerprint density at radius 3 is 2.92 bits per heavy atom. The van der Waals surface area contributed by atoms with E-state index >= 15 is 0 Å². The van der Waals surface area contributed by atoms with Crippen molar-refractivity contribution >= 4 is 0 Å². The fraction of sp³-hybridized carbons (Fsp3) is 0.700. The molecule has 1 aromatic heterocycles. The molecule has 66 valence electrons. The summed E-state index contributed by atoms with van der Waals surface area (Å²) in [6.07, 6.45) is 7.99. The molecule has 1 aliphatic carbocycles. The van der Waals surface area contributed by atoms with Crippen molar-refractivity contribution in [2.75, 3.05) is 0 Å². The number of aromatic amines is 1. The SMILES string of the molecule is CC1(C)CCC(c2cn[nH]c2)C1. The van der Waals surface area contributed by atoms with E-state index in [4.69, 9.17) is 0 Å². The lowest BCUT2D eigenvalue weighted by atomic mass is 9.89. The molecule has 1 fully saturated rings. The molecule has 1 atom stereocenters. The van der Waals surface area contributed by atoms with E-state index in [1.54, 1.807) is 0 Å². The molecule has 0 aliphatic heterocycles. The Morgan fingerprint density at radius 1 is 1.58 bits per heavy atom. The van der Waals surface area contributed by atoms with Crippen LogP contribution in [0.4, 0.5) is 0 Å².